The van der Waals surface area contributed by atoms with Gasteiger partial charge in [-0.05, 0) is 42.8 Å². The van der Waals surface area contributed by atoms with E-state index in [-0.39, 0.29) is 11.7 Å². The summed E-state index contributed by atoms with van der Waals surface area (Å²) in [5, 5.41) is 16.0. The lowest BCUT2D eigenvalue weighted by Crippen LogP contribution is -2.13. The Morgan fingerprint density at radius 1 is 1.27 bits per heavy atom. The summed E-state index contributed by atoms with van der Waals surface area (Å²) in [4.78, 5) is 12.8. The van der Waals surface area contributed by atoms with Crippen LogP contribution < -0.4 is 20.5 Å². The van der Waals surface area contributed by atoms with E-state index >= 15 is 0 Å². The van der Waals surface area contributed by atoms with E-state index in [9.17, 15) is 4.79 Å². The monoisotopic (exact) mass is 405 g/mol. The molecule has 1 amide bonds. The van der Waals surface area contributed by atoms with Gasteiger partial charge in [-0.2, -0.15) is 10.4 Å². The molecule has 30 heavy (non-hydrogen) atoms. The maximum absolute atomic E-state index is 12.8. The minimum atomic E-state index is -0.290. The van der Waals surface area contributed by atoms with Gasteiger partial charge in [-0.25, -0.2) is 4.68 Å². The molecule has 1 aromatic heterocycles. The molecule has 2 aromatic carbocycles. The molecule has 0 radical (unpaired) electrons. The zero-order chi connectivity index (χ0) is 21.5. The van der Waals surface area contributed by atoms with E-state index < -0.39 is 0 Å². The van der Waals surface area contributed by atoms with Crippen LogP contribution in [0.4, 0.5) is 11.5 Å². The van der Waals surface area contributed by atoms with E-state index in [4.69, 9.17) is 20.5 Å². The molecule has 0 aliphatic rings. The van der Waals surface area contributed by atoms with Crippen molar-refractivity contribution in [1.29, 1.82) is 5.26 Å². The summed E-state index contributed by atoms with van der Waals surface area (Å²) >= 11 is 0. The average molecular weight is 405 g/mol. The molecule has 0 atom stereocenters. The summed E-state index contributed by atoms with van der Waals surface area (Å²) in [5.41, 5.74) is 7.85. The molecule has 0 saturated heterocycles. The van der Waals surface area contributed by atoms with Crippen LogP contribution in [-0.4, -0.2) is 29.4 Å². The third kappa shape index (κ3) is 4.52. The minimum absolute atomic E-state index is 0.250. The Morgan fingerprint density at radius 2 is 2.03 bits per heavy atom. The molecule has 0 unspecified atom stereocenters. The number of hydrogen-bond donors (Lipinski definition) is 2. The van der Waals surface area contributed by atoms with Crippen molar-refractivity contribution in [2.75, 3.05) is 24.8 Å². The fraction of sp³-hybridized carbons (Fsp3) is 0.227. The molecule has 3 aromatic rings. The lowest BCUT2D eigenvalue weighted by molar-refractivity contribution is 0.102. The van der Waals surface area contributed by atoms with Crippen LogP contribution in [0.3, 0.4) is 0 Å². The van der Waals surface area contributed by atoms with Gasteiger partial charge in [0.2, 0.25) is 0 Å². The third-order valence-corrected chi connectivity index (χ3v) is 4.49. The Balaban J connectivity index is 1.78. The van der Waals surface area contributed by atoms with Crippen molar-refractivity contribution in [2.24, 2.45) is 0 Å². The number of carbonyl (C=O) groups is 1. The highest BCUT2D eigenvalue weighted by Crippen LogP contribution is 2.30. The highest BCUT2D eigenvalue weighted by molar-refractivity contribution is 6.05. The van der Waals surface area contributed by atoms with Gasteiger partial charge in [0, 0.05) is 11.6 Å². The molecule has 0 aliphatic heterocycles. The topological polar surface area (TPSA) is 115 Å². The van der Waals surface area contributed by atoms with Gasteiger partial charge in [-0.15, -0.1) is 0 Å². The van der Waals surface area contributed by atoms with Crippen LogP contribution >= 0.6 is 0 Å². The van der Waals surface area contributed by atoms with Gasteiger partial charge in [0.1, 0.15) is 28.9 Å². The number of benzene rings is 2. The molecule has 8 nitrogen and oxygen atoms in total. The molecular weight excluding hydrogens is 382 g/mol. The standard InChI is InChI=1S/C22H23N5O3/c1-3-4-11-30-20-10-9-18(29-2)12-19(20)26-22(28)15-5-7-17(8-6-15)27-21(24)16(13-23)14-25-27/h5-10,12,14H,3-4,11,24H2,1-2H3,(H,26,28). The van der Waals surface area contributed by atoms with Crippen LogP contribution in [0, 0.1) is 11.3 Å². The number of amides is 1. The molecule has 0 fully saturated rings. The second-order valence-electron chi connectivity index (χ2n) is 6.53. The molecule has 0 saturated carbocycles. The second kappa shape index (κ2) is 9.47. The van der Waals surface area contributed by atoms with Crippen molar-refractivity contribution < 1.29 is 14.3 Å². The van der Waals surface area contributed by atoms with Gasteiger partial charge in [0.15, 0.2) is 0 Å². The van der Waals surface area contributed by atoms with Gasteiger partial charge >= 0.3 is 0 Å². The van der Waals surface area contributed by atoms with Crippen molar-refractivity contribution in [3.63, 3.8) is 0 Å². The number of hydrogen-bond acceptors (Lipinski definition) is 6. The first kappa shape index (κ1) is 20.7. The summed E-state index contributed by atoms with van der Waals surface area (Å²) < 4.78 is 12.5. The fourth-order valence-electron chi connectivity index (χ4n) is 2.78. The summed E-state index contributed by atoms with van der Waals surface area (Å²) in [6.07, 6.45) is 3.34. The molecule has 0 aliphatic carbocycles. The molecular formula is C22H23N5O3. The number of anilines is 2. The maximum atomic E-state index is 12.8. The number of nitrogens with one attached hydrogen (secondary N) is 1. The second-order valence-corrected chi connectivity index (χ2v) is 6.53. The van der Waals surface area contributed by atoms with Gasteiger partial charge in [-0.3, -0.25) is 4.79 Å². The Kier molecular flexibility index (Phi) is 6.55. The number of nitrogens with two attached hydrogens (primary N) is 1. The van der Waals surface area contributed by atoms with E-state index in [1.807, 2.05) is 6.07 Å². The Labute approximate surface area is 174 Å². The highest BCUT2D eigenvalue weighted by Gasteiger charge is 2.13. The van der Waals surface area contributed by atoms with Gasteiger partial charge in [0.25, 0.3) is 5.91 Å². The fourth-order valence-corrected chi connectivity index (χ4v) is 2.78. The number of aromatic nitrogens is 2. The number of nitrogen functional groups attached to an aromatic ring is 1. The molecule has 0 spiro atoms. The number of carbonyl (C=O) groups excluding carboxylic acids is 1. The van der Waals surface area contributed by atoms with Crippen LogP contribution in [0.1, 0.15) is 35.7 Å². The van der Waals surface area contributed by atoms with Crippen molar-refractivity contribution in [3.05, 3.63) is 59.8 Å². The largest absolute Gasteiger partial charge is 0.497 e. The predicted octanol–water partition coefficient (Wildman–Crippen LogP) is 3.77. The van der Waals surface area contributed by atoms with E-state index in [0.717, 1.165) is 12.8 Å². The van der Waals surface area contributed by atoms with Crippen LogP contribution in [0.15, 0.2) is 48.7 Å². The van der Waals surface area contributed by atoms with E-state index in [1.54, 1.807) is 49.6 Å². The SMILES string of the molecule is CCCCOc1ccc(OC)cc1NC(=O)c1ccc(-n2ncc(C#N)c2N)cc1. The van der Waals surface area contributed by atoms with Crippen LogP contribution in [0.5, 0.6) is 11.5 Å². The third-order valence-electron chi connectivity index (χ3n) is 4.49. The Morgan fingerprint density at radius 3 is 2.67 bits per heavy atom. The first-order chi connectivity index (χ1) is 14.6. The number of methoxy groups -OCH3 is 1. The summed E-state index contributed by atoms with van der Waals surface area (Å²) in [5.74, 6) is 1.16. The number of ether oxygens (including phenoxy) is 2. The van der Waals surface area contributed by atoms with Crippen molar-refractivity contribution in [1.82, 2.24) is 9.78 Å². The number of nitrogens with zero attached hydrogens (tertiary/aromatic N) is 3. The van der Waals surface area contributed by atoms with E-state index in [2.05, 4.69) is 17.3 Å². The van der Waals surface area contributed by atoms with Crippen LogP contribution in [0.2, 0.25) is 0 Å². The Bertz CT molecular complexity index is 1070. The van der Waals surface area contributed by atoms with Gasteiger partial charge in [0.05, 0.1) is 31.3 Å². The van der Waals surface area contributed by atoms with Gasteiger partial charge < -0.3 is 20.5 Å². The summed E-state index contributed by atoms with van der Waals surface area (Å²) in [6.45, 7) is 2.65. The summed E-state index contributed by atoms with van der Waals surface area (Å²) in [6, 6.07) is 14.0. The predicted molar refractivity (Wildman–Crippen MR) is 114 cm³/mol. The molecule has 1 heterocycles. The quantitative estimate of drug-likeness (QED) is 0.551. The smallest absolute Gasteiger partial charge is 0.255 e. The molecule has 154 valence electrons. The van der Waals surface area contributed by atoms with Crippen molar-refractivity contribution in [2.45, 2.75) is 19.8 Å². The summed E-state index contributed by atoms with van der Waals surface area (Å²) in [7, 11) is 1.57. The van der Waals surface area contributed by atoms with Crippen molar-refractivity contribution >= 4 is 17.4 Å². The zero-order valence-electron chi connectivity index (χ0n) is 16.9. The van der Waals surface area contributed by atoms with Crippen LogP contribution in [-0.2, 0) is 0 Å². The lowest BCUT2D eigenvalue weighted by atomic mass is 10.2. The average Bonchev–Trinajstić information content (AvgIpc) is 3.15. The molecule has 3 rings (SSSR count). The van der Waals surface area contributed by atoms with E-state index in [1.165, 1.54) is 10.9 Å². The normalized spacial score (nSPS) is 10.3. The van der Waals surface area contributed by atoms with E-state index in [0.29, 0.717) is 40.6 Å². The Hall–Kier alpha value is -3.99. The van der Waals surface area contributed by atoms with Gasteiger partial charge in [-0.1, -0.05) is 13.3 Å². The number of rotatable bonds is 8. The zero-order valence-corrected chi connectivity index (χ0v) is 16.9. The number of unbranched alkanes of at least 4 members (excludes halogenated alkanes) is 1. The molecule has 8 heteroatoms. The number of nitriles is 1. The highest BCUT2D eigenvalue weighted by atomic mass is 16.5. The minimum Gasteiger partial charge on any atom is -0.497 e. The maximum Gasteiger partial charge on any atom is 0.255 e. The first-order valence-electron chi connectivity index (χ1n) is 9.53. The molecule has 3 N–H and O–H groups in total. The van der Waals surface area contributed by atoms with Crippen molar-refractivity contribution in [3.8, 4) is 23.3 Å². The molecule has 0 bridgehead atoms. The first-order valence-corrected chi connectivity index (χ1v) is 9.53. The van der Waals surface area contributed by atoms with Crippen LogP contribution in [0.25, 0.3) is 5.69 Å². The lowest BCUT2D eigenvalue weighted by Gasteiger charge is -2.14.